The molecule has 0 aliphatic carbocycles. The second-order valence-corrected chi connectivity index (χ2v) is 10.5. The van der Waals surface area contributed by atoms with Crippen molar-refractivity contribution in [1.82, 2.24) is 34.2 Å². The summed E-state index contributed by atoms with van der Waals surface area (Å²) in [7, 11) is 1.78. The van der Waals surface area contributed by atoms with E-state index in [1.807, 2.05) is 4.68 Å². The van der Waals surface area contributed by atoms with Crippen LogP contribution in [0.5, 0.6) is 0 Å². The zero-order valence-corrected chi connectivity index (χ0v) is 21.9. The summed E-state index contributed by atoms with van der Waals surface area (Å²) in [5, 5.41) is 4.90. The fraction of sp³-hybridized carbons (Fsp3) is 0.519. The van der Waals surface area contributed by atoms with Crippen LogP contribution in [-0.2, 0) is 11.8 Å². The predicted molar refractivity (Wildman–Crippen MR) is 143 cm³/mol. The highest BCUT2D eigenvalue weighted by atomic mass is 16.5. The van der Waals surface area contributed by atoms with E-state index >= 15 is 0 Å². The first-order chi connectivity index (χ1) is 17.9. The van der Waals surface area contributed by atoms with Gasteiger partial charge in [0.15, 0.2) is 12.0 Å². The van der Waals surface area contributed by atoms with Gasteiger partial charge in [0.1, 0.15) is 11.0 Å². The Labute approximate surface area is 215 Å². The van der Waals surface area contributed by atoms with Crippen LogP contribution in [0, 0.1) is 0 Å². The van der Waals surface area contributed by atoms with E-state index in [4.69, 9.17) is 9.84 Å². The average Bonchev–Trinajstić information content (AvgIpc) is 3.32. The van der Waals surface area contributed by atoms with Crippen molar-refractivity contribution >= 4 is 27.9 Å². The van der Waals surface area contributed by atoms with Gasteiger partial charge in [0, 0.05) is 57.3 Å². The quantitative estimate of drug-likeness (QED) is 0.419. The topological polar surface area (TPSA) is 94.2 Å². The molecule has 6 rings (SSSR count). The van der Waals surface area contributed by atoms with E-state index in [2.05, 4.69) is 63.7 Å². The van der Waals surface area contributed by atoms with Crippen LogP contribution in [0.15, 0.2) is 41.6 Å². The van der Waals surface area contributed by atoms with Gasteiger partial charge in [-0.15, -0.1) is 0 Å². The second kappa shape index (κ2) is 9.50. The third kappa shape index (κ3) is 4.18. The summed E-state index contributed by atoms with van der Waals surface area (Å²) in [6.45, 7) is 9.20. The van der Waals surface area contributed by atoms with Crippen molar-refractivity contribution in [2.75, 3.05) is 24.6 Å². The Kier molecular flexibility index (Phi) is 6.16. The Balaban J connectivity index is 1.35. The van der Waals surface area contributed by atoms with E-state index < -0.39 is 0 Å². The number of anilines is 1. The van der Waals surface area contributed by atoms with E-state index in [9.17, 15) is 4.79 Å². The Morgan fingerprint density at radius 3 is 2.59 bits per heavy atom. The smallest absolute Gasteiger partial charge is 0.347 e. The molecule has 0 saturated carbocycles. The van der Waals surface area contributed by atoms with Gasteiger partial charge in [0.25, 0.3) is 0 Å². The van der Waals surface area contributed by atoms with Crippen LogP contribution in [0.3, 0.4) is 0 Å². The summed E-state index contributed by atoms with van der Waals surface area (Å²) < 4.78 is 9.79. The number of hydrogen-bond donors (Lipinski definition) is 0. The Morgan fingerprint density at radius 1 is 1.00 bits per heavy atom. The van der Waals surface area contributed by atoms with Crippen molar-refractivity contribution in [3.63, 3.8) is 0 Å². The predicted octanol–water partition coefficient (Wildman–Crippen LogP) is 3.43. The Morgan fingerprint density at radius 2 is 1.81 bits per heavy atom. The minimum atomic E-state index is -0.273. The van der Waals surface area contributed by atoms with Gasteiger partial charge in [0.2, 0.25) is 0 Å². The standard InChI is InChI=1S/C27H34N8O2/c1-17-16-34(18(2)15-33(17)19(3)20-8-9-21-22(13-20)29-11-10-28-21)26-25-23(14-30-27(36)32(25)4)31-35(26)24-7-5-6-12-37-24/h8-11,13-14,17-19,24H,5-7,12,15-16H2,1-4H3/t17-,18+,19?,24?/m1/s1. The minimum Gasteiger partial charge on any atom is -0.356 e. The molecule has 4 aromatic rings. The van der Waals surface area contributed by atoms with Gasteiger partial charge in [0.05, 0.1) is 17.2 Å². The van der Waals surface area contributed by atoms with Crippen molar-refractivity contribution in [2.24, 2.45) is 7.05 Å². The SMILES string of the molecule is CC(c1ccc2nccnc2c1)N1C[C@H](C)N(c2c3c(cnc(=O)n3C)nn2C2CCCCO2)C[C@H]1C. The maximum absolute atomic E-state index is 12.5. The highest BCUT2D eigenvalue weighted by molar-refractivity contribution is 5.87. The average molecular weight is 503 g/mol. The van der Waals surface area contributed by atoms with Gasteiger partial charge in [-0.2, -0.15) is 10.1 Å². The lowest BCUT2D eigenvalue weighted by atomic mass is 10.00. The molecule has 4 atom stereocenters. The minimum absolute atomic E-state index is 0.135. The number of aromatic nitrogens is 6. The number of rotatable bonds is 4. The molecule has 0 spiro atoms. The highest BCUT2D eigenvalue weighted by Crippen LogP contribution is 2.37. The first kappa shape index (κ1) is 24.0. The van der Waals surface area contributed by atoms with Crippen LogP contribution < -0.4 is 10.6 Å². The maximum atomic E-state index is 12.5. The van der Waals surface area contributed by atoms with Crippen molar-refractivity contribution in [2.45, 2.75) is 64.4 Å². The number of ether oxygens (including phenoxy) is 1. The lowest BCUT2D eigenvalue weighted by Gasteiger charge is -2.48. The summed E-state index contributed by atoms with van der Waals surface area (Å²) in [6.07, 6.45) is 8.01. The van der Waals surface area contributed by atoms with Crippen LogP contribution >= 0.6 is 0 Å². The monoisotopic (exact) mass is 502 g/mol. The largest absolute Gasteiger partial charge is 0.356 e. The molecule has 2 fully saturated rings. The number of aryl methyl sites for hydroxylation is 1. The van der Waals surface area contributed by atoms with Crippen LogP contribution in [0.1, 0.15) is 57.9 Å². The molecule has 5 heterocycles. The van der Waals surface area contributed by atoms with Crippen molar-refractivity contribution in [3.05, 3.63) is 52.8 Å². The van der Waals surface area contributed by atoms with E-state index in [0.29, 0.717) is 0 Å². The fourth-order valence-corrected chi connectivity index (χ4v) is 5.95. The summed E-state index contributed by atoms with van der Waals surface area (Å²) in [6, 6.07) is 7.07. The van der Waals surface area contributed by atoms with Gasteiger partial charge in [-0.1, -0.05) is 6.07 Å². The van der Waals surface area contributed by atoms with Gasteiger partial charge < -0.3 is 9.64 Å². The first-order valence-electron chi connectivity index (χ1n) is 13.2. The summed E-state index contributed by atoms with van der Waals surface area (Å²) in [5.74, 6) is 0.955. The molecule has 1 aromatic carbocycles. The number of nitrogens with zero attached hydrogens (tertiary/aromatic N) is 8. The van der Waals surface area contributed by atoms with Crippen LogP contribution in [0.2, 0.25) is 0 Å². The molecule has 0 amide bonds. The van der Waals surface area contributed by atoms with Gasteiger partial charge in [-0.25, -0.2) is 9.48 Å². The normalized spacial score (nSPS) is 24.1. The number of fused-ring (bicyclic) bond motifs is 2. The third-order valence-electron chi connectivity index (χ3n) is 8.01. The van der Waals surface area contributed by atoms with E-state index in [1.54, 1.807) is 30.2 Å². The number of benzene rings is 1. The number of hydrogen-bond acceptors (Lipinski definition) is 8. The van der Waals surface area contributed by atoms with E-state index in [0.717, 1.165) is 66.8 Å². The molecule has 10 heteroatoms. The highest BCUT2D eigenvalue weighted by Gasteiger charge is 2.36. The van der Waals surface area contributed by atoms with Crippen molar-refractivity contribution < 1.29 is 4.74 Å². The van der Waals surface area contributed by atoms with Crippen LogP contribution in [-0.4, -0.2) is 66.0 Å². The summed E-state index contributed by atoms with van der Waals surface area (Å²) in [5.41, 5.74) is 4.34. The third-order valence-corrected chi connectivity index (χ3v) is 8.01. The molecule has 37 heavy (non-hydrogen) atoms. The molecule has 0 radical (unpaired) electrons. The summed E-state index contributed by atoms with van der Waals surface area (Å²) >= 11 is 0. The lowest BCUT2D eigenvalue weighted by Crippen LogP contribution is -2.57. The molecule has 10 nitrogen and oxygen atoms in total. The van der Waals surface area contributed by atoms with E-state index in [-0.39, 0.29) is 30.0 Å². The maximum Gasteiger partial charge on any atom is 0.347 e. The molecule has 0 bridgehead atoms. The Bertz CT molecular complexity index is 1490. The molecular formula is C27H34N8O2. The molecule has 194 valence electrons. The molecule has 2 unspecified atom stereocenters. The second-order valence-electron chi connectivity index (χ2n) is 10.5. The summed E-state index contributed by atoms with van der Waals surface area (Å²) in [4.78, 5) is 30.5. The Hall–Kier alpha value is -3.37. The molecule has 3 aromatic heterocycles. The van der Waals surface area contributed by atoms with E-state index in [1.165, 1.54) is 5.56 Å². The number of piperazine rings is 1. The molecule has 0 N–H and O–H groups in total. The molecule has 2 aliphatic heterocycles. The van der Waals surface area contributed by atoms with Crippen LogP contribution in [0.25, 0.3) is 22.1 Å². The van der Waals surface area contributed by atoms with Crippen LogP contribution in [0.4, 0.5) is 5.82 Å². The zero-order valence-electron chi connectivity index (χ0n) is 21.9. The van der Waals surface area contributed by atoms with Gasteiger partial charge >= 0.3 is 5.69 Å². The van der Waals surface area contributed by atoms with Crippen molar-refractivity contribution in [3.8, 4) is 0 Å². The molecular weight excluding hydrogens is 468 g/mol. The zero-order chi connectivity index (χ0) is 25.7. The fourth-order valence-electron chi connectivity index (χ4n) is 5.95. The lowest BCUT2D eigenvalue weighted by molar-refractivity contribution is -0.0386. The molecule has 2 aliphatic rings. The van der Waals surface area contributed by atoms with Gasteiger partial charge in [-0.3, -0.25) is 19.4 Å². The van der Waals surface area contributed by atoms with Crippen molar-refractivity contribution in [1.29, 1.82) is 0 Å². The molecule has 2 saturated heterocycles. The first-order valence-corrected chi connectivity index (χ1v) is 13.2. The van der Waals surface area contributed by atoms with Gasteiger partial charge in [-0.05, 0) is 57.7 Å².